The molecule has 5 rings (SSSR count). The van der Waals surface area contributed by atoms with E-state index in [4.69, 9.17) is 28.9 Å². The minimum atomic E-state index is -0.386. The second kappa shape index (κ2) is 11.6. The Morgan fingerprint density at radius 1 is 0.816 bits per heavy atom. The summed E-state index contributed by atoms with van der Waals surface area (Å²) in [7, 11) is 0. The maximum atomic E-state index is 6.40. The average Bonchev–Trinajstić information content (AvgIpc) is 2.96. The number of likely N-dealkylation sites (tertiary alicyclic amines) is 1. The lowest BCUT2D eigenvalue weighted by Gasteiger charge is -2.43. The Morgan fingerprint density at radius 2 is 1.39 bits per heavy atom. The molecule has 0 unspecified atom stereocenters. The first kappa shape index (κ1) is 26.9. The summed E-state index contributed by atoms with van der Waals surface area (Å²) in [6, 6.07) is 29.7. The lowest BCUT2D eigenvalue weighted by molar-refractivity contribution is 0.155. The molecule has 0 spiro atoms. The molecular formula is C33H35Cl2N3. The maximum Gasteiger partial charge on any atom is 0.0478 e. The van der Waals surface area contributed by atoms with E-state index in [0.717, 1.165) is 54.5 Å². The van der Waals surface area contributed by atoms with Gasteiger partial charge < -0.3 is 10.6 Å². The largest absolute Gasteiger partial charge is 0.330 e. The van der Waals surface area contributed by atoms with Gasteiger partial charge in [0.25, 0.3) is 0 Å². The molecule has 3 aromatic carbocycles. The summed E-state index contributed by atoms with van der Waals surface area (Å²) in [5.74, 6) is 0. The van der Waals surface area contributed by atoms with Crippen molar-refractivity contribution in [1.82, 2.24) is 9.88 Å². The summed E-state index contributed by atoms with van der Waals surface area (Å²) >= 11 is 12.6. The highest BCUT2D eigenvalue weighted by Gasteiger charge is 2.39. The van der Waals surface area contributed by atoms with Crippen LogP contribution in [-0.4, -0.2) is 36.1 Å². The Labute approximate surface area is 236 Å². The molecule has 1 aliphatic rings. The molecule has 0 aliphatic carbocycles. The lowest BCUT2D eigenvalue weighted by Crippen LogP contribution is -2.47. The summed E-state index contributed by atoms with van der Waals surface area (Å²) in [5, 5.41) is 1.46. The zero-order chi connectivity index (χ0) is 26.6. The van der Waals surface area contributed by atoms with Crippen LogP contribution in [0.5, 0.6) is 0 Å². The van der Waals surface area contributed by atoms with Crippen LogP contribution in [-0.2, 0) is 10.8 Å². The van der Waals surface area contributed by atoms with E-state index in [2.05, 4.69) is 71.4 Å². The van der Waals surface area contributed by atoms with Crippen LogP contribution in [0, 0.1) is 6.92 Å². The van der Waals surface area contributed by atoms with Crippen LogP contribution in [0.1, 0.15) is 47.1 Å². The molecule has 0 amide bonds. The second-order valence-corrected chi connectivity index (χ2v) is 11.5. The van der Waals surface area contributed by atoms with Gasteiger partial charge in [-0.3, -0.25) is 4.98 Å². The topological polar surface area (TPSA) is 42.1 Å². The number of benzene rings is 3. The molecule has 1 aromatic heterocycles. The predicted octanol–water partition coefficient (Wildman–Crippen LogP) is 7.41. The maximum absolute atomic E-state index is 6.40. The van der Waals surface area contributed by atoms with Crippen LogP contribution in [0.15, 0.2) is 97.3 Å². The Kier molecular flexibility index (Phi) is 8.20. The molecule has 1 aliphatic heterocycles. The van der Waals surface area contributed by atoms with E-state index in [1.165, 1.54) is 22.3 Å². The van der Waals surface area contributed by atoms with Crippen LogP contribution in [0.2, 0.25) is 10.0 Å². The van der Waals surface area contributed by atoms with Crippen molar-refractivity contribution in [2.24, 2.45) is 5.73 Å². The molecule has 4 aromatic rings. The van der Waals surface area contributed by atoms with Gasteiger partial charge in [0.1, 0.15) is 0 Å². The van der Waals surface area contributed by atoms with Crippen molar-refractivity contribution in [1.29, 1.82) is 0 Å². The molecule has 0 radical (unpaired) electrons. The first-order valence-corrected chi connectivity index (χ1v) is 14.1. The van der Waals surface area contributed by atoms with Gasteiger partial charge >= 0.3 is 0 Å². The zero-order valence-electron chi connectivity index (χ0n) is 21.9. The average molecular weight is 545 g/mol. The molecule has 0 saturated carbocycles. The van der Waals surface area contributed by atoms with Crippen LogP contribution in [0.3, 0.4) is 0 Å². The lowest BCUT2D eigenvalue weighted by atomic mass is 9.67. The molecule has 2 N–H and O–H groups in total. The normalized spacial score (nSPS) is 15.9. The van der Waals surface area contributed by atoms with Crippen molar-refractivity contribution in [2.45, 2.75) is 37.0 Å². The highest BCUT2D eigenvalue weighted by molar-refractivity contribution is 6.30. The molecule has 3 nitrogen and oxygen atoms in total. The van der Waals surface area contributed by atoms with Crippen molar-refractivity contribution < 1.29 is 0 Å². The molecular weight excluding hydrogens is 509 g/mol. The van der Waals surface area contributed by atoms with Gasteiger partial charge in [0.15, 0.2) is 0 Å². The first-order chi connectivity index (χ1) is 18.4. The molecule has 0 bridgehead atoms. The third kappa shape index (κ3) is 5.39. The van der Waals surface area contributed by atoms with E-state index in [9.17, 15) is 0 Å². The van der Waals surface area contributed by atoms with Gasteiger partial charge in [-0.15, -0.1) is 0 Å². The minimum absolute atomic E-state index is 0.0526. The van der Waals surface area contributed by atoms with Gasteiger partial charge in [-0.2, -0.15) is 0 Å². The number of hydrogen-bond donors (Lipinski definition) is 1. The smallest absolute Gasteiger partial charge is 0.0478 e. The Hall–Kier alpha value is -2.69. The van der Waals surface area contributed by atoms with E-state index in [0.29, 0.717) is 6.54 Å². The van der Waals surface area contributed by atoms with Crippen molar-refractivity contribution in [3.8, 4) is 0 Å². The Bertz CT molecular complexity index is 1270. The molecule has 2 heterocycles. The van der Waals surface area contributed by atoms with Gasteiger partial charge in [-0.25, -0.2) is 0 Å². The number of nitrogens with two attached hydrogens (primary N) is 1. The molecule has 196 valence electrons. The van der Waals surface area contributed by atoms with E-state index in [1.807, 2.05) is 42.7 Å². The minimum Gasteiger partial charge on any atom is -0.330 e. The van der Waals surface area contributed by atoms with E-state index in [-0.39, 0.29) is 10.8 Å². The molecule has 38 heavy (non-hydrogen) atoms. The van der Waals surface area contributed by atoms with Gasteiger partial charge in [-0.05, 0) is 98.4 Å². The van der Waals surface area contributed by atoms with Crippen molar-refractivity contribution >= 4 is 23.2 Å². The van der Waals surface area contributed by atoms with Crippen LogP contribution < -0.4 is 5.73 Å². The highest BCUT2D eigenvalue weighted by Crippen LogP contribution is 2.43. The summed E-state index contributed by atoms with van der Waals surface area (Å²) in [5.41, 5.74) is 12.3. The molecule has 1 fully saturated rings. The third-order valence-corrected chi connectivity index (χ3v) is 9.00. The number of hydrogen-bond acceptors (Lipinski definition) is 3. The zero-order valence-corrected chi connectivity index (χ0v) is 23.4. The van der Waals surface area contributed by atoms with E-state index < -0.39 is 0 Å². The van der Waals surface area contributed by atoms with Crippen LogP contribution in [0.4, 0.5) is 0 Å². The SMILES string of the molecule is Cc1ccc(C2(CN)CCN(CCC(c3ccc(Cl)cc3)(c3ccc(Cl)cc3)c3cccnc3)CC2)cc1. The number of aryl methyl sites for hydroxylation is 1. The predicted molar refractivity (Wildman–Crippen MR) is 159 cm³/mol. The number of piperidine rings is 1. The summed E-state index contributed by atoms with van der Waals surface area (Å²) in [4.78, 5) is 7.12. The van der Waals surface area contributed by atoms with E-state index >= 15 is 0 Å². The number of aromatic nitrogens is 1. The monoisotopic (exact) mass is 543 g/mol. The van der Waals surface area contributed by atoms with Gasteiger partial charge in [0.2, 0.25) is 0 Å². The quantitative estimate of drug-likeness (QED) is 0.251. The fourth-order valence-electron chi connectivity index (χ4n) is 6.07. The van der Waals surface area contributed by atoms with Crippen molar-refractivity contribution in [3.63, 3.8) is 0 Å². The number of halogens is 2. The van der Waals surface area contributed by atoms with Crippen LogP contribution in [0.25, 0.3) is 0 Å². The van der Waals surface area contributed by atoms with Crippen LogP contribution >= 0.6 is 23.2 Å². The summed E-state index contributed by atoms with van der Waals surface area (Å²) in [6.07, 6.45) is 6.86. The first-order valence-electron chi connectivity index (χ1n) is 13.4. The Balaban J connectivity index is 1.45. The number of rotatable bonds is 8. The molecule has 1 saturated heterocycles. The Morgan fingerprint density at radius 3 is 1.89 bits per heavy atom. The standard InChI is InChI=1S/C33H35Cl2N3/c1-25-4-6-26(7-5-25)32(24-36)16-20-38(21-17-32)22-18-33(29-3-2-19-37-23-29,27-8-12-30(34)13-9-27)28-10-14-31(35)15-11-28/h2-15,19,23H,16-18,20-22,24,36H2,1H3. The fourth-order valence-corrected chi connectivity index (χ4v) is 6.32. The van der Waals surface area contributed by atoms with Gasteiger partial charge in [0, 0.05) is 39.8 Å². The van der Waals surface area contributed by atoms with E-state index in [1.54, 1.807) is 0 Å². The summed E-state index contributed by atoms with van der Waals surface area (Å²) < 4.78 is 0. The molecule has 0 atom stereocenters. The van der Waals surface area contributed by atoms with Gasteiger partial charge in [0.05, 0.1) is 0 Å². The number of nitrogens with zero attached hydrogens (tertiary/aromatic N) is 2. The van der Waals surface area contributed by atoms with Gasteiger partial charge in [-0.1, -0.05) is 83.4 Å². The third-order valence-electron chi connectivity index (χ3n) is 8.50. The van der Waals surface area contributed by atoms with Crippen molar-refractivity contribution in [2.75, 3.05) is 26.2 Å². The fraction of sp³-hybridized carbons (Fsp3) is 0.303. The second-order valence-electron chi connectivity index (χ2n) is 10.6. The highest BCUT2D eigenvalue weighted by atomic mass is 35.5. The van der Waals surface area contributed by atoms with Crippen molar-refractivity contribution in [3.05, 3.63) is 135 Å². The summed E-state index contributed by atoms with van der Waals surface area (Å²) in [6.45, 7) is 5.82. The molecule has 5 heteroatoms. The number of pyridine rings is 1.